The molecule has 3 rings (SSSR count). The number of halogens is 2. The number of amides is 2. The number of hydrogen-bond donors (Lipinski definition) is 1. The lowest BCUT2D eigenvalue weighted by Crippen LogP contribution is -2.39. The molecular weight excluding hydrogens is 330 g/mol. The van der Waals surface area contributed by atoms with Crippen molar-refractivity contribution in [3.05, 3.63) is 47.1 Å². The van der Waals surface area contributed by atoms with E-state index in [1.54, 1.807) is 0 Å². The number of nitrogens with one attached hydrogen (secondary N) is 1. The highest BCUT2D eigenvalue weighted by Crippen LogP contribution is 2.35. The number of aromatic nitrogens is 2. The van der Waals surface area contributed by atoms with Crippen molar-refractivity contribution >= 4 is 6.03 Å². The number of nitrogens with zero attached hydrogens (tertiary/aromatic N) is 3. The molecule has 0 unspecified atom stereocenters. The molecular formula is C17H20F2N4O2. The molecule has 1 aliphatic rings. The van der Waals surface area contributed by atoms with Gasteiger partial charge in [0.1, 0.15) is 11.6 Å². The van der Waals surface area contributed by atoms with E-state index in [-0.39, 0.29) is 19.1 Å². The summed E-state index contributed by atoms with van der Waals surface area (Å²) in [6, 6.07) is 2.80. The Hall–Kier alpha value is -2.51. The second-order valence-corrected chi connectivity index (χ2v) is 6.13. The summed E-state index contributed by atoms with van der Waals surface area (Å²) in [5.74, 6) is 0.0792. The minimum absolute atomic E-state index is 0.0313. The predicted molar refractivity (Wildman–Crippen MR) is 85.6 cm³/mol. The lowest BCUT2D eigenvalue weighted by molar-refractivity contribution is 0.195. The van der Waals surface area contributed by atoms with Crippen molar-refractivity contribution in [1.82, 2.24) is 20.4 Å². The van der Waals surface area contributed by atoms with Crippen LogP contribution in [0.3, 0.4) is 0 Å². The lowest BCUT2D eigenvalue weighted by Gasteiger charge is -2.21. The summed E-state index contributed by atoms with van der Waals surface area (Å²) in [5.41, 5.74) is 0.355. The highest BCUT2D eigenvalue weighted by molar-refractivity contribution is 5.74. The van der Waals surface area contributed by atoms with Crippen LogP contribution >= 0.6 is 0 Å². The molecule has 2 aromatic rings. The van der Waals surface area contributed by atoms with Crippen molar-refractivity contribution in [1.29, 1.82) is 0 Å². The first-order valence-electron chi connectivity index (χ1n) is 8.35. The van der Waals surface area contributed by atoms with E-state index in [1.165, 1.54) is 23.5 Å². The molecule has 1 aromatic heterocycles. The fraction of sp³-hybridized carbons (Fsp3) is 0.471. The Morgan fingerprint density at radius 1 is 1.32 bits per heavy atom. The van der Waals surface area contributed by atoms with Crippen molar-refractivity contribution in [2.75, 3.05) is 6.54 Å². The van der Waals surface area contributed by atoms with E-state index in [2.05, 4.69) is 15.5 Å². The molecule has 134 valence electrons. The smallest absolute Gasteiger partial charge is 0.318 e. The Kier molecular flexibility index (Phi) is 5.25. The standard InChI is InChI=1S/C17H20F2N4O2/c1-2-23(10-15-21-16(25-22-15)12-4-3-5-12)17(24)20-9-11-6-13(18)8-14(19)7-11/h6-8,12H,2-5,9-10H2,1H3,(H,20,24). The van der Waals surface area contributed by atoms with Gasteiger partial charge in [-0.3, -0.25) is 0 Å². The van der Waals surface area contributed by atoms with Crippen LogP contribution in [0.4, 0.5) is 13.6 Å². The Bertz CT molecular complexity index is 726. The van der Waals surface area contributed by atoms with Crippen molar-refractivity contribution in [2.24, 2.45) is 0 Å². The largest absolute Gasteiger partial charge is 0.339 e. The zero-order valence-electron chi connectivity index (χ0n) is 14.0. The molecule has 25 heavy (non-hydrogen) atoms. The molecule has 0 atom stereocenters. The summed E-state index contributed by atoms with van der Waals surface area (Å²) in [5, 5.41) is 6.57. The van der Waals surface area contributed by atoms with Crippen LogP contribution in [0, 0.1) is 11.6 Å². The summed E-state index contributed by atoms with van der Waals surface area (Å²) in [6.07, 6.45) is 3.29. The average Bonchev–Trinajstić information content (AvgIpc) is 2.95. The van der Waals surface area contributed by atoms with Gasteiger partial charge in [-0.05, 0) is 37.5 Å². The Morgan fingerprint density at radius 2 is 2.04 bits per heavy atom. The maximum absolute atomic E-state index is 13.2. The first kappa shape index (κ1) is 17.3. The third-order valence-corrected chi connectivity index (χ3v) is 4.31. The summed E-state index contributed by atoms with van der Waals surface area (Å²) >= 11 is 0. The predicted octanol–water partition coefficient (Wildman–Crippen LogP) is 3.35. The number of carbonyl (C=O) groups excluding carboxylic acids is 1. The highest BCUT2D eigenvalue weighted by Gasteiger charge is 2.26. The van der Waals surface area contributed by atoms with Gasteiger partial charge < -0.3 is 14.7 Å². The van der Waals surface area contributed by atoms with Crippen molar-refractivity contribution in [3.8, 4) is 0 Å². The number of hydrogen-bond acceptors (Lipinski definition) is 4. The van der Waals surface area contributed by atoms with Gasteiger partial charge in [0.2, 0.25) is 5.89 Å². The van der Waals surface area contributed by atoms with E-state index in [0.29, 0.717) is 29.7 Å². The Morgan fingerprint density at radius 3 is 2.64 bits per heavy atom. The lowest BCUT2D eigenvalue weighted by atomic mass is 9.85. The van der Waals surface area contributed by atoms with E-state index < -0.39 is 11.6 Å². The second-order valence-electron chi connectivity index (χ2n) is 6.13. The molecule has 1 fully saturated rings. The van der Waals surface area contributed by atoms with Gasteiger partial charge in [-0.15, -0.1) is 0 Å². The number of urea groups is 1. The number of carbonyl (C=O) groups is 1. The molecule has 0 aliphatic heterocycles. The van der Waals surface area contributed by atoms with Crippen LogP contribution in [0.25, 0.3) is 0 Å². The molecule has 6 nitrogen and oxygen atoms in total. The van der Waals surface area contributed by atoms with E-state index in [4.69, 9.17) is 4.52 Å². The molecule has 0 radical (unpaired) electrons. The monoisotopic (exact) mass is 350 g/mol. The van der Waals surface area contributed by atoms with Gasteiger partial charge in [0, 0.05) is 25.1 Å². The summed E-state index contributed by atoms with van der Waals surface area (Å²) in [4.78, 5) is 18.1. The minimum atomic E-state index is -0.674. The van der Waals surface area contributed by atoms with Crippen LogP contribution in [0.1, 0.15) is 49.4 Å². The first-order chi connectivity index (χ1) is 12.0. The van der Waals surface area contributed by atoms with Gasteiger partial charge in [0.05, 0.1) is 6.54 Å². The van der Waals surface area contributed by atoms with Crippen LogP contribution in [-0.2, 0) is 13.1 Å². The molecule has 2 amide bonds. The zero-order chi connectivity index (χ0) is 17.8. The van der Waals surface area contributed by atoms with E-state index in [9.17, 15) is 13.6 Å². The molecule has 1 N–H and O–H groups in total. The summed E-state index contributed by atoms with van der Waals surface area (Å²) < 4.78 is 31.6. The normalized spacial score (nSPS) is 14.2. The van der Waals surface area contributed by atoms with Crippen molar-refractivity contribution in [2.45, 2.75) is 45.2 Å². The zero-order valence-corrected chi connectivity index (χ0v) is 14.0. The fourth-order valence-corrected chi connectivity index (χ4v) is 2.65. The van der Waals surface area contributed by atoms with Gasteiger partial charge in [0.25, 0.3) is 0 Å². The minimum Gasteiger partial charge on any atom is -0.339 e. The molecule has 1 aliphatic carbocycles. The molecule has 1 aromatic carbocycles. The van der Waals surface area contributed by atoms with Crippen molar-refractivity contribution in [3.63, 3.8) is 0 Å². The third-order valence-electron chi connectivity index (χ3n) is 4.31. The molecule has 0 bridgehead atoms. The van der Waals surface area contributed by atoms with Crippen LogP contribution in [0.15, 0.2) is 22.7 Å². The molecule has 0 saturated heterocycles. The van der Waals surface area contributed by atoms with Gasteiger partial charge in [0.15, 0.2) is 5.82 Å². The maximum Gasteiger partial charge on any atom is 0.318 e. The quantitative estimate of drug-likeness (QED) is 0.867. The van der Waals surface area contributed by atoms with Gasteiger partial charge >= 0.3 is 6.03 Å². The van der Waals surface area contributed by atoms with Gasteiger partial charge in [-0.1, -0.05) is 11.6 Å². The molecule has 1 saturated carbocycles. The molecule has 1 heterocycles. The Labute approximate surface area is 144 Å². The van der Waals surface area contributed by atoms with Crippen LogP contribution in [-0.4, -0.2) is 27.6 Å². The molecule has 8 heteroatoms. The summed E-state index contributed by atoms with van der Waals surface area (Å²) in [6.45, 7) is 2.52. The average molecular weight is 350 g/mol. The topological polar surface area (TPSA) is 71.3 Å². The van der Waals surface area contributed by atoms with Gasteiger partial charge in [-0.25, -0.2) is 13.6 Å². The van der Waals surface area contributed by atoms with Crippen molar-refractivity contribution < 1.29 is 18.1 Å². The fourth-order valence-electron chi connectivity index (χ4n) is 2.65. The third kappa shape index (κ3) is 4.32. The van der Waals surface area contributed by atoms with E-state index >= 15 is 0 Å². The summed E-state index contributed by atoms with van der Waals surface area (Å²) in [7, 11) is 0. The van der Waals surface area contributed by atoms with Crippen LogP contribution in [0.2, 0.25) is 0 Å². The van der Waals surface area contributed by atoms with Crippen LogP contribution < -0.4 is 5.32 Å². The first-order valence-corrected chi connectivity index (χ1v) is 8.35. The number of benzene rings is 1. The SMILES string of the molecule is CCN(Cc1noc(C2CCC2)n1)C(=O)NCc1cc(F)cc(F)c1. The van der Waals surface area contributed by atoms with E-state index in [1.807, 2.05) is 6.92 Å². The molecule has 0 spiro atoms. The second kappa shape index (κ2) is 7.58. The van der Waals surface area contributed by atoms with Gasteiger partial charge in [-0.2, -0.15) is 4.98 Å². The number of rotatable bonds is 6. The van der Waals surface area contributed by atoms with Crippen LogP contribution in [0.5, 0.6) is 0 Å². The Balaban J connectivity index is 1.56. The highest BCUT2D eigenvalue weighted by atomic mass is 19.1. The maximum atomic E-state index is 13.2. The van der Waals surface area contributed by atoms with E-state index in [0.717, 1.165) is 18.9 Å².